The Hall–Kier alpha value is -5.94. The highest BCUT2D eigenvalue weighted by atomic mass is 16.5. The molecule has 11 nitrogen and oxygen atoms in total. The Kier molecular flexibility index (Phi) is 9.21. The fourth-order valence-electron chi connectivity index (χ4n) is 7.47. The van der Waals surface area contributed by atoms with Crippen molar-refractivity contribution in [1.29, 1.82) is 0 Å². The Bertz CT molecular complexity index is 2370. The fourth-order valence-corrected chi connectivity index (χ4v) is 7.47. The van der Waals surface area contributed by atoms with Crippen LogP contribution >= 0.6 is 0 Å². The molecule has 0 unspecified atom stereocenters. The Morgan fingerprint density at radius 1 is 0.709 bits per heavy atom. The zero-order valence-electron chi connectivity index (χ0n) is 32.4. The lowest BCUT2D eigenvalue weighted by Crippen LogP contribution is -2.33. The highest BCUT2D eigenvalue weighted by Gasteiger charge is 2.45. The second kappa shape index (κ2) is 14.0. The van der Waals surface area contributed by atoms with Crippen molar-refractivity contribution in [3.8, 4) is 22.3 Å². The molecule has 2 aliphatic heterocycles. The lowest BCUT2D eigenvalue weighted by Gasteiger charge is -2.22. The number of aryl methyl sites for hydroxylation is 2. The Morgan fingerprint density at radius 3 is 1.91 bits per heavy atom. The van der Waals surface area contributed by atoms with Crippen molar-refractivity contribution in [1.82, 2.24) is 35.1 Å². The molecule has 3 aliphatic rings. The van der Waals surface area contributed by atoms with Gasteiger partial charge in [0, 0.05) is 60.7 Å². The predicted molar refractivity (Wildman–Crippen MR) is 214 cm³/mol. The molecule has 0 atom stereocenters. The molecule has 0 radical (unpaired) electrons. The average molecular weight is 732 g/mol. The van der Waals surface area contributed by atoms with E-state index < -0.39 is 5.41 Å². The van der Waals surface area contributed by atoms with Gasteiger partial charge in [0.2, 0.25) is 5.91 Å². The van der Waals surface area contributed by atoms with Crippen LogP contribution in [0.4, 0.5) is 22.9 Å². The number of hydrogen-bond donors (Lipinski definition) is 0. The number of aromatic nitrogens is 7. The first kappa shape index (κ1) is 36.1. The molecule has 55 heavy (non-hydrogen) atoms. The molecule has 6 heterocycles. The van der Waals surface area contributed by atoms with Crippen molar-refractivity contribution in [2.75, 3.05) is 23.5 Å². The molecule has 1 fully saturated rings. The quantitative estimate of drug-likeness (QED) is 0.158. The molecule has 1 saturated carbocycles. The number of anilines is 4. The summed E-state index contributed by atoms with van der Waals surface area (Å²) < 4.78 is 5.17. The predicted octanol–water partition coefficient (Wildman–Crippen LogP) is 8.50. The Labute approximate surface area is 321 Å². The topological polar surface area (TPSA) is 123 Å². The van der Waals surface area contributed by atoms with Crippen LogP contribution in [0.15, 0.2) is 91.8 Å². The zero-order chi connectivity index (χ0) is 38.5. The van der Waals surface area contributed by atoms with Crippen LogP contribution in [-0.4, -0.2) is 54.7 Å². The van der Waals surface area contributed by atoms with Gasteiger partial charge in [-0.3, -0.25) is 14.7 Å². The number of benzene rings is 2. The molecule has 9 rings (SSSR count). The fraction of sp³-hybridized carbons (Fsp3) is 0.318. The summed E-state index contributed by atoms with van der Waals surface area (Å²) in [7, 11) is 1.69. The summed E-state index contributed by atoms with van der Waals surface area (Å²) in [5, 5.41) is 8.46. The minimum Gasteiger partial charge on any atom is -0.378 e. The zero-order valence-corrected chi connectivity index (χ0v) is 32.4. The van der Waals surface area contributed by atoms with Gasteiger partial charge in [0.15, 0.2) is 5.82 Å². The van der Waals surface area contributed by atoms with Gasteiger partial charge in [0.05, 0.1) is 41.5 Å². The van der Waals surface area contributed by atoms with Crippen LogP contribution in [0.1, 0.15) is 80.5 Å². The Morgan fingerprint density at radius 2 is 1.33 bits per heavy atom. The van der Waals surface area contributed by atoms with E-state index in [0.29, 0.717) is 18.3 Å². The van der Waals surface area contributed by atoms with Crippen molar-refractivity contribution in [3.63, 3.8) is 0 Å². The first-order chi connectivity index (χ1) is 26.4. The van der Waals surface area contributed by atoms with E-state index in [4.69, 9.17) is 4.74 Å². The molecule has 0 bridgehead atoms. The third-order valence-electron chi connectivity index (χ3n) is 10.8. The van der Waals surface area contributed by atoms with Crippen LogP contribution in [0.3, 0.4) is 0 Å². The maximum atomic E-state index is 13.3. The van der Waals surface area contributed by atoms with Gasteiger partial charge in [-0.15, -0.1) is 5.10 Å². The highest BCUT2D eigenvalue weighted by Crippen LogP contribution is 2.48. The van der Waals surface area contributed by atoms with Crippen LogP contribution in [0.25, 0.3) is 22.3 Å². The standard InChI is InChI=1S/C22H21N5O.C22H24N4O/c1-13-23-10-17(11-24-13)15-6-7-18-19(8-15)27(21(28)22(18,2)3)20-9-16(12-25-26-20)14-4-5-14;1-15-23-10-17(11-24-15)16-5-8-20-21(9-16)26(14-22(20,2)3)19-7-6-18(13-27-4)25-12-19/h6-12,14H,4-5H2,1-3H3;5-12H,13-14H2,1-4H3. The molecule has 2 aromatic carbocycles. The summed E-state index contributed by atoms with van der Waals surface area (Å²) >= 11 is 0. The van der Waals surface area contributed by atoms with Gasteiger partial charge in [-0.05, 0) is 105 Å². The van der Waals surface area contributed by atoms with E-state index in [9.17, 15) is 4.79 Å². The van der Waals surface area contributed by atoms with Gasteiger partial charge in [0.25, 0.3) is 0 Å². The van der Waals surface area contributed by atoms with Crippen molar-refractivity contribution in [2.24, 2.45) is 0 Å². The number of methoxy groups -OCH3 is 1. The molecular weight excluding hydrogens is 687 g/mol. The number of ether oxygens (including phenoxy) is 1. The normalized spacial score (nSPS) is 16.4. The summed E-state index contributed by atoms with van der Waals surface area (Å²) in [6, 6.07) is 18.9. The third-order valence-corrected chi connectivity index (χ3v) is 10.8. The number of pyridine rings is 1. The van der Waals surface area contributed by atoms with Crippen LogP contribution in [0.5, 0.6) is 0 Å². The van der Waals surface area contributed by atoms with Crippen molar-refractivity contribution in [2.45, 2.75) is 77.7 Å². The summed E-state index contributed by atoms with van der Waals surface area (Å²) in [6.45, 7) is 13.7. The number of rotatable bonds is 7. The molecule has 0 spiro atoms. The van der Waals surface area contributed by atoms with E-state index in [1.54, 1.807) is 12.0 Å². The van der Waals surface area contributed by atoms with Gasteiger partial charge >= 0.3 is 0 Å². The smallest absolute Gasteiger partial charge is 0.242 e. The molecule has 6 aromatic rings. The number of hydrogen-bond acceptors (Lipinski definition) is 10. The van der Waals surface area contributed by atoms with E-state index in [-0.39, 0.29) is 11.3 Å². The lowest BCUT2D eigenvalue weighted by atomic mass is 9.85. The van der Waals surface area contributed by atoms with Gasteiger partial charge < -0.3 is 9.64 Å². The highest BCUT2D eigenvalue weighted by molar-refractivity contribution is 6.12. The van der Waals surface area contributed by atoms with E-state index in [0.717, 1.165) is 68.6 Å². The van der Waals surface area contributed by atoms with E-state index in [2.05, 4.69) is 78.1 Å². The summed E-state index contributed by atoms with van der Waals surface area (Å²) in [6.07, 6.45) is 13.5. The summed E-state index contributed by atoms with van der Waals surface area (Å²) in [5.74, 6) is 2.68. The monoisotopic (exact) mass is 731 g/mol. The van der Waals surface area contributed by atoms with Crippen LogP contribution in [0.2, 0.25) is 0 Å². The van der Waals surface area contributed by atoms with Crippen LogP contribution in [0, 0.1) is 13.8 Å². The van der Waals surface area contributed by atoms with E-state index in [1.807, 2.05) is 95.2 Å². The summed E-state index contributed by atoms with van der Waals surface area (Å²) in [5.41, 5.74) is 11.1. The van der Waals surface area contributed by atoms with Gasteiger partial charge in [0.1, 0.15) is 11.6 Å². The maximum absolute atomic E-state index is 13.3. The average Bonchev–Trinajstić information content (AvgIpc) is 3.97. The number of fused-ring (bicyclic) bond motifs is 2. The molecule has 1 amide bonds. The first-order valence-corrected chi connectivity index (χ1v) is 18.7. The van der Waals surface area contributed by atoms with Crippen LogP contribution in [-0.2, 0) is 27.0 Å². The minimum absolute atomic E-state index is 0.0158. The van der Waals surface area contributed by atoms with Gasteiger partial charge in [-0.2, -0.15) is 5.10 Å². The molecule has 0 N–H and O–H groups in total. The van der Waals surface area contributed by atoms with Crippen LogP contribution < -0.4 is 9.80 Å². The third kappa shape index (κ3) is 6.96. The van der Waals surface area contributed by atoms with E-state index >= 15 is 0 Å². The van der Waals surface area contributed by atoms with E-state index in [1.165, 1.54) is 24.1 Å². The van der Waals surface area contributed by atoms with Crippen molar-refractivity contribution < 1.29 is 9.53 Å². The SMILES string of the molecule is COCc1ccc(N2CC(C)(C)c3ccc(-c4cnc(C)nc4)cc32)cn1.Cc1ncc(-c2ccc3c(c2)N(c2cc(C4CC4)cnn2)C(=O)C3(C)C)cn1. The lowest BCUT2D eigenvalue weighted by molar-refractivity contribution is -0.121. The molecule has 4 aromatic heterocycles. The molecule has 11 heteroatoms. The van der Waals surface area contributed by atoms with Crippen molar-refractivity contribution in [3.05, 3.63) is 126 Å². The molecule has 1 aliphatic carbocycles. The second-order valence-electron chi connectivity index (χ2n) is 15.8. The number of carbonyl (C=O) groups excluding carboxylic acids is 1. The number of carbonyl (C=O) groups is 1. The largest absolute Gasteiger partial charge is 0.378 e. The summed E-state index contributed by atoms with van der Waals surface area (Å²) in [4.78, 5) is 39.2. The Balaban J connectivity index is 0.000000155. The second-order valence-corrected chi connectivity index (χ2v) is 15.8. The molecular formula is C44H45N9O2. The number of amides is 1. The van der Waals surface area contributed by atoms with Gasteiger partial charge in [-0.1, -0.05) is 38.1 Å². The first-order valence-electron chi connectivity index (χ1n) is 18.7. The number of nitrogens with zero attached hydrogens (tertiary/aromatic N) is 9. The maximum Gasteiger partial charge on any atom is 0.242 e. The molecule has 0 saturated heterocycles. The van der Waals surface area contributed by atoms with Gasteiger partial charge in [-0.25, -0.2) is 19.9 Å². The van der Waals surface area contributed by atoms with Crippen molar-refractivity contribution >= 4 is 28.8 Å². The minimum atomic E-state index is -0.616. The molecule has 278 valence electrons.